The minimum Gasteiger partial charge on any atom is -0.349 e. The third-order valence-corrected chi connectivity index (χ3v) is 5.08. The lowest BCUT2D eigenvalue weighted by molar-refractivity contribution is 0.410. The van der Waals surface area contributed by atoms with Gasteiger partial charge in [-0.2, -0.15) is 4.31 Å². The van der Waals surface area contributed by atoms with Crippen LogP contribution in [0.1, 0.15) is 45.7 Å². The molecule has 2 N–H and O–H groups in total. The molecule has 1 aromatic rings. The molecule has 1 heterocycles. The zero-order valence-corrected chi connectivity index (χ0v) is 13.6. The van der Waals surface area contributed by atoms with Crippen LogP contribution in [-0.2, 0) is 23.1 Å². The Bertz CT molecular complexity index is 502. The van der Waals surface area contributed by atoms with Crippen LogP contribution in [0.3, 0.4) is 0 Å². The van der Waals surface area contributed by atoms with Gasteiger partial charge in [-0.15, -0.1) is 0 Å². The first kappa shape index (κ1) is 17.2. The van der Waals surface area contributed by atoms with Crippen LogP contribution < -0.4 is 5.73 Å². The van der Waals surface area contributed by atoms with Crippen molar-refractivity contribution in [3.63, 3.8) is 0 Å². The van der Waals surface area contributed by atoms with Gasteiger partial charge in [0.1, 0.15) is 4.90 Å². The van der Waals surface area contributed by atoms with E-state index >= 15 is 0 Å². The van der Waals surface area contributed by atoms with Crippen molar-refractivity contribution in [3.8, 4) is 0 Å². The van der Waals surface area contributed by atoms with E-state index in [2.05, 4.69) is 6.92 Å². The Morgan fingerprint density at radius 3 is 2.20 bits per heavy atom. The van der Waals surface area contributed by atoms with Crippen LogP contribution in [0.15, 0.2) is 17.2 Å². The summed E-state index contributed by atoms with van der Waals surface area (Å²) in [5.74, 6) is 0. The summed E-state index contributed by atoms with van der Waals surface area (Å²) in [4.78, 5) is 0.369. The molecule has 0 unspecified atom stereocenters. The molecule has 6 heteroatoms. The zero-order valence-electron chi connectivity index (χ0n) is 12.8. The van der Waals surface area contributed by atoms with Gasteiger partial charge in [0.2, 0.25) is 10.0 Å². The predicted molar refractivity (Wildman–Crippen MR) is 82.0 cm³/mol. The van der Waals surface area contributed by atoms with Gasteiger partial charge in [-0.25, -0.2) is 8.42 Å². The third-order valence-electron chi connectivity index (χ3n) is 3.22. The van der Waals surface area contributed by atoms with Gasteiger partial charge in [-0.1, -0.05) is 20.8 Å². The van der Waals surface area contributed by atoms with E-state index in [1.807, 2.05) is 18.4 Å². The van der Waals surface area contributed by atoms with Gasteiger partial charge >= 0.3 is 0 Å². The minimum absolute atomic E-state index is 0.358. The number of nitrogens with zero attached hydrogens (tertiary/aromatic N) is 2. The molecule has 0 radical (unpaired) electrons. The number of hydrogen-bond acceptors (Lipinski definition) is 3. The molecule has 0 saturated heterocycles. The second-order valence-corrected chi connectivity index (χ2v) is 6.91. The summed E-state index contributed by atoms with van der Waals surface area (Å²) in [6, 6.07) is 1.71. The second kappa shape index (κ2) is 7.81. The molecule has 0 amide bonds. The van der Waals surface area contributed by atoms with Gasteiger partial charge in [0.15, 0.2) is 0 Å². The highest BCUT2D eigenvalue weighted by atomic mass is 32.2. The number of hydrogen-bond donors (Lipinski definition) is 1. The summed E-state index contributed by atoms with van der Waals surface area (Å²) < 4.78 is 28.9. The van der Waals surface area contributed by atoms with E-state index < -0.39 is 10.0 Å². The smallest absolute Gasteiger partial charge is 0.244 e. The molecule has 0 bridgehead atoms. The molecule has 0 aliphatic heterocycles. The first-order valence-electron chi connectivity index (χ1n) is 7.40. The molecule has 1 rings (SSSR count). The molecule has 0 atom stereocenters. The molecule has 0 aliphatic carbocycles. The normalized spacial score (nSPS) is 12.2. The highest BCUT2D eigenvalue weighted by Gasteiger charge is 2.25. The maximum absolute atomic E-state index is 12.7. The summed E-state index contributed by atoms with van der Waals surface area (Å²) in [6.07, 6.45) is 4.31. The monoisotopic (exact) mass is 301 g/mol. The molecule has 0 fully saturated rings. The number of nitrogens with two attached hydrogens (primary N) is 1. The van der Waals surface area contributed by atoms with Gasteiger partial charge in [-0.3, -0.25) is 0 Å². The maximum Gasteiger partial charge on any atom is 0.244 e. The topological polar surface area (TPSA) is 68.3 Å². The van der Waals surface area contributed by atoms with E-state index in [0.29, 0.717) is 24.5 Å². The molecular formula is C14H27N3O2S. The fourth-order valence-electron chi connectivity index (χ4n) is 2.29. The molecular weight excluding hydrogens is 274 g/mol. The van der Waals surface area contributed by atoms with E-state index in [0.717, 1.165) is 31.5 Å². The van der Waals surface area contributed by atoms with Crippen molar-refractivity contribution in [2.75, 3.05) is 13.1 Å². The minimum atomic E-state index is -3.40. The van der Waals surface area contributed by atoms with Crippen molar-refractivity contribution >= 4 is 10.0 Å². The molecule has 0 spiro atoms. The zero-order chi connectivity index (χ0) is 15.2. The average molecular weight is 301 g/mol. The highest BCUT2D eigenvalue weighted by Crippen LogP contribution is 2.20. The number of aryl methyl sites for hydroxylation is 1. The highest BCUT2D eigenvalue weighted by molar-refractivity contribution is 7.89. The Balaban J connectivity index is 3.12. The summed E-state index contributed by atoms with van der Waals surface area (Å²) in [7, 11) is -3.40. The van der Waals surface area contributed by atoms with Gasteiger partial charge in [0, 0.05) is 38.1 Å². The summed E-state index contributed by atoms with van der Waals surface area (Å²) in [6.45, 7) is 8.33. The number of aromatic nitrogens is 1. The Labute approximate surface area is 122 Å². The van der Waals surface area contributed by atoms with Crippen LogP contribution in [-0.4, -0.2) is 30.4 Å². The van der Waals surface area contributed by atoms with Crippen LogP contribution in [0.5, 0.6) is 0 Å². The molecule has 0 saturated carbocycles. The van der Waals surface area contributed by atoms with E-state index in [1.54, 1.807) is 16.6 Å². The maximum atomic E-state index is 12.7. The number of rotatable bonds is 9. The largest absolute Gasteiger partial charge is 0.349 e. The lowest BCUT2D eigenvalue weighted by Gasteiger charge is -2.20. The van der Waals surface area contributed by atoms with Crippen molar-refractivity contribution in [3.05, 3.63) is 18.0 Å². The van der Waals surface area contributed by atoms with Crippen molar-refractivity contribution in [1.29, 1.82) is 0 Å². The summed E-state index contributed by atoms with van der Waals surface area (Å²) >= 11 is 0. The Kier molecular flexibility index (Phi) is 6.71. The predicted octanol–water partition coefficient (Wildman–Crippen LogP) is 2.17. The molecule has 0 aliphatic rings. The SMILES string of the molecule is CCCN(CCC)S(=O)(=O)c1cc(CN)n(CCC)c1. The molecule has 116 valence electrons. The lowest BCUT2D eigenvalue weighted by atomic mass is 10.4. The molecule has 1 aromatic heterocycles. The van der Waals surface area contributed by atoms with Crippen molar-refractivity contribution in [1.82, 2.24) is 8.87 Å². The third kappa shape index (κ3) is 3.84. The molecule has 5 nitrogen and oxygen atoms in total. The van der Waals surface area contributed by atoms with Gasteiger partial charge < -0.3 is 10.3 Å². The fourth-order valence-corrected chi connectivity index (χ4v) is 3.98. The van der Waals surface area contributed by atoms with Crippen LogP contribution in [0.4, 0.5) is 0 Å². The lowest BCUT2D eigenvalue weighted by Crippen LogP contribution is -2.32. The quantitative estimate of drug-likeness (QED) is 0.760. The van der Waals surface area contributed by atoms with Crippen molar-refractivity contribution in [2.24, 2.45) is 5.73 Å². The van der Waals surface area contributed by atoms with Gasteiger partial charge in [-0.05, 0) is 25.3 Å². The Hall–Kier alpha value is -0.850. The van der Waals surface area contributed by atoms with E-state index in [-0.39, 0.29) is 0 Å². The molecule has 0 aromatic carbocycles. The van der Waals surface area contributed by atoms with Crippen molar-refractivity contribution in [2.45, 2.75) is 58.0 Å². The van der Waals surface area contributed by atoms with Crippen LogP contribution in [0.2, 0.25) is 0 Å². The van der Waals surface area contributed by atoms with Crippen LogP contribution >= 0.6 is 0 Å². The standard InChI is InChI=1S/C14H27N3O2S/c1-4-7-16-12-14(10-13(16)11-15)20(18,19)17(8-5-2)9-6-3/h10,12H,4-9,11,15H2,1-3H3. The second-order valence-electron chi connectivity index (χ2n) is 4.97. The van der Waals surface area contributed by atoms with Gasteiger partial charge in [0.05, 0.1) is 0 Å². The average Bonchev–Trinajstić information content (AvgIpc) is 2.83. The first-order valence-corrected chi connectivity index (χ1v) is 8.84. The Morgan fingerprint density at radius 2 is 1.75 bits per heavy atom. The van der Waals surface area contributed by atoms with E-state index in [1.165, 1.54) is 0 Å². The van der Waals surface area contributed by atoms with E-state index in [9.17, 15) is 8.42 Å². The first-order chi connectivity index (χ1) is 9.51. The van der Waals surface area contributed by atoms with E-state index in [4.69, 9.17) is 5.73 Å². The van der Waals surface area contributed by atoms with Gasteiger partial charge in [0.25, 0.3) is 0 Å². The fraction of sp³-hybridized carbons (Fsp3) is 0.714. The summed E-state index contributed by atoms with van der Waals surface area (Å²) in [5.41, 5.74) is 6.58. The van der Waals surface area contributed by atoms with Crippen molar-refractivity contribution < 1.29 is 8.42 Å². The van der Waals surface area contributed by atoms with Crippen LogP contribution in [0, 0.1) is 0 Å². The Morgan fingerprint density at radius 1 is 1.15 bits per heavy atom. The molecule has 20 heavy (non-hydrogen) atoms. The number of sulfonamides is 1. The van der Waals surface area contributed by atoms with Crippen LogP contribution in [0.25, 0.3) is 0 Å². The summed E-state index contributed by atoms with van der Waals surface area (Å²) in [5, 5.41) is 0.